The number of amidine groups is 1. The Morgan fingerprint density at radius 2 is 2.03 bits per heavy atom. The van der Waals surface area contributed by atoms with Gasteiger partial charge in [-0.3, -0.25) is 14.5 Å². The van der Waals surface area contributed by atoms with E-state index in [-0.39, 0.29) is 16.6 Å². The number of aliphatic imine (C=N–C) groups is 1. The number of anilines is 1. The number of hydrogen-bond acceptors (Lipinski definition) is 6. The summed E-state index contributed by atoms with van der Waals surface area (Å²) < 4.78 is 27.3. The van der Waals surface area contributed by atoms with Gasteiger partial charge in [0, 0.05) is 31.4 Å². The monoisotopic (exact) mass is 455 g/mol. The fourth-order valence-corrected chi connectivity index (χ4v) is 5.27. The van der Waals surface area contributed by atoms with Crippen LogP contribution in [0.15, 0.2) is 52.5 Å². The Kier molecular flexibility index (Phi) is 6.74. The fraction of sp³-hybridized carbons (Fsp3) is 0.435. The van der Waals surface area contributed by atoms with Crippen LogP contribution in [0.25, 0.3) is 0 Å². The molecule has 2 aliphatic rings. The minimum absolute atomic E-state index is 0.194. The number of carbonyl (C=O) groups is 1. The van der Waals surface area contributed by atoms with Crippen LogP contribution in [-0.2, 0) is 21.4 Å². The highest BCUT2D eigenvalue weighted by Gasteiger charge is 2.31. The molecule has 2 aromatic rings. The van der Waals surface area contributed by atoms with Gasteiger partial charge in [-0.25, -0.2) is 13.4 Å². The first-order valence-electron chi connectivity index (χ1n) is 11.2. The van der Waals surface area contributed by atoms with Gasteiger partial charge in [0.15, 0.2) is 0 Å². The number of amides is 1. The largest absolute Gasteiger partial charge is 0.357 e. The maximum Gasteiger partial charge on any atom is 0.263 e. The first-order valence-corrected chi connectivity index (χ1v) is 12.6. The van der Waals surface area contributed by atoms with Crippen molar-refractivity contribution in [3.05, 3.63) is 53.7 Å². The molecule has 3 heterocycles. The summed E-state index contributed by atoms with van der Waals surface area (Å²) in [4.78, 5) is 24.4. The molecule has 4 rings (SSSR count). The summed E-state index contributed by atoms with van der Waals surface area (Å²) in [5.74, 6) is 0.958. The molecule has 1 amide bonds. The van der Waals surface area contributed by atoms with Gasteiger partial charge >= 0.3 is 0 Å². The number of rotatable bonds is 8. The van der Waals surface area contributed by atoms with Gasteiger partial charge in [0.1, 0.15) is 17.7 Å². The summed E-state index contributed by atoms with van der Waals surface area (Å²) in [6.07, 6.45) is 6.40. The standard InChI is InChI=1S/C23H29N5O3S/c1-2-3-9-19(26-22-18-8-4-5-10-20(18)32(30,31)27-22)23(29)25-16-17-11-12-24-21(15-17)28-13-6-7-14-28/h4-5,8,10-12,15,19H,2-3,6-7,9,13-14,16H2,1H3,(H,25,29)(H,26,27). The van der Waals surface area contributed by atoms with Crippen molar-refractivity contribution in [3.8, 4) is 0 Å². The molecule has 0 radical (unpaired) electrons. The zero-order valence-corrected chi connectivity index (χ0v) is 19.1. The topological polar surface area (TPSA) is 104 Å². The van der Waals surface area contributed by atoms with Crippen molar-refractivity contribution >= 4 is 27.6 Å². The van der Waals surface area contributed by atoms with Gasteiger partial charge in [0.05, 0.1) is 4.90 Å². The van der Waals surface area contributed by atoms with Crippen molar-refractivity contribution in [2.75, 3.05) is 18.0 Å². The molecule has 1 fully saturated rings. The van der Waals surface area contributed by atoms with E-state index in [2.05, 4.69) is 24.9 Å². The average molecular weight is 456 g/mol. The number of fused-ring (bicyclic) bond motifs is 1. The summed E-state index contributed by atoms with van der Waals surface area (Å²) in [6, 6.07) is 9.93. The molecule has 170 valence electrons. The molecule has 9 heteroatoms. The summed E-state index contributed by atoms with van der Waals surface area (Å²) in [5.41, 5.74) is 1.48. The Morgan fingerprint density at radius 1 is 1.25 bits per heavy atom. The third kappa shape index (κ3) is 4.93. The molecular weight excluding hydrogens is 426 g/mol. The first-order chi connectivity index (χ1) is 15.5. The van der Waals surface area contributed by atoms with E-state index in [4.69, 9.17) is 0 Å². The Morgan fingerprint density at radius 3 is 2.81 bits per heavy atom. The van der Waals surface area contributed by atoms with E-state index < -0.39 is 16.1 Å². The predicted molar refractivity (Wildman–Crippen MR) is 124 cm³/mol. The van der Waals surface area contributed by atoms with Crippen LogP contribution in [0, 0.1) is 0 Å². The molecular formula is C23H29N5O3S. The third-order valence-electron chi connectivity index (χ3n) is 5.79. The number of sulfonamides is 1. The Balaban J connectivity index is 1.49. The Bertz CT molecular complexity index is 1110. The number of hydrogen-bond donors (Lipinski definition) is 2. The van der Waals surface area contributed by atoms with Crippen LogP contribution in [0.1, 0.15) is 50.2 Å². The number of nitrogens with one attached hydrogen (secondary N) is 2. The van der Waals surface area contributed by atoms with Crippen molar-refractivity contribution in [3.63, 3.8) is 0 Å². The van der Waals surface area contributed by atoms with Crippen LogP contribution in [-0.4, -0.2) is 44.3 Å². The minimum Gasteiger partial charge on any atom is -0.357 e. The van der Waals surface area contributed by atoms with Crippen LogP contribution in [0.2, 0.25) is 0 Å². The van der Waals surface area contributed by atoms with Crippen LogP contribution >= 0.6 is 0 Å². The van der Waals surface area contributed by atoms with Crippen LogP contribution in [0.3, 0.4) is 0 Å². The molecule has 2 N–H and O–H groups in total. The number of nitrogens with zero attached hydrogens (tertiary/aromatic N) is 3. The molecule has 1 unspecified atom stereocenters. The lowest BCUT2D eigenvalue weighted by Gasteiger charge is -2.17. The molecule has 0 spiro atoms. The lowest BCUT2D eigenvalue weighted by atomic mass is 10.1. The van der Waals surface area contributed by atoms with E-state index >= 15 is 0 Å². The van der Waals surface area contributed by atoms with Crippen molar-refractivity contribution < 1.29 is 13.2 Å². The van der Waals surface area contributed by atoms with Gasteiger partial charge in [-0.05, 0) is 49.1 Å². The molecule has 0 aliphatic carbocycles. The van der Waals surface area contributed by atoms with Crippen LogP contribution < -0.4 is 14.9 Å². The van der Waals surface area contributed by atoms with E-state index in [0.29, 0.717) is 18.5 Å². The summed E-state index contributed by atoms with van der Waals surface area (Å²) in [7, 11) is -3.64. The normalized spacial score (nSPS) is 18.9. The number of aromatic nitrogens is 1. The molecule has 8 nitrogen and oxygen atoms in total. The lowest BCUT2D eigenvalue weighted by Crippen LogP contribution is -2.35. The van der Waals surface area contributed by atoms with Gasteiger partial charge in [0.25, 0.3) is 10.0 Å². The third-order valence-corrected chi connectivity index (χ3v) is 7.19. The number of carbonyl (C=O) groups excluding carboxylic acids is 1. The smallest absolute Gasteiger partial charge is 0.263 e. The first kappa shape index (κ1) is 22.3. The van der Waals surface area contributed by atoms with Gasteiger partial charge in [-0.15, -0.1) is 0 Å². The summed E-state index contributed by atoms with van der Waals surface area (Å²) >= 11 is 0. The quantitative estimate of drug-likeness (QED) is 0.637. The maximum absolute atomic E-state index is 13.0. The molecule has 2 aliphatic heterocycles. The summed E-state index contributed by atoms with van der Waals surface area (Å²) in [5, 5.41) is 2.97. The van der Waals surface area contributed by atoms with Gasteiger partial charge in [-0.2, -0.15) is 0 Å². The molecule has 0 bridgehead atoms. The van der Waals surface area contributed by atoms with E-state index in [1.165, 1.54) is 12.8 Å². The van der Waals surface area contributed by atoms with Crippen molar-refractivity contribution in [2.45, 2.75) is 56.5 Å². The molecule has 1 aromatic carbocycles. The lowest BCUT2D eigenvalue weighted by molar-refractivity contribution is -0.122. The fourth-order valence-electron chi connectivity index (χ4n) is 4.03. The van der Waals surface area contributed by atoms with E-state index in [1.54, 1.807) is 30.5 Å². The van der Waals surface area contributed by atoms with Gasteiger partial charge in [-0.1, -0.05) is 31.9 Å². The molecule has 1 aromatic heterocycles. The summed E-state index contributed by atoms with van der Waals surface area (Å²) in [6.45, 7) is 4.44. The number of pyridine rings is 1. The van der Waals surface area contributed by atoms with Crippen molar-refractivity contribution in [2.24, 2.45) is 4.99 Å². The van der Waals surface area contributed by atoms with Crippen molar-refractivity contribution in [1.29, 1.82) is 0 Å². The van der Waals surface area contributed by atoms with Crippen molar-refractivity contribution in [1.82, 2.24) is 15.0 Å². The highest BCUT2D eigenvalue weighted by molar-refractivity contribution is 7.90. The predicted octanol–water partition coefficient (Wildman–Crippen LogP) is 2.60. The van der Waals surface area contributed by atoms with Gasteiger partial charge < -0.3 is 10.2 Å². The molecule has 1 atom stereocenters. The second-order valence-corrected chi connectivity index (χ2v) is 9.82. The zero-order valence-electron chi connectivity index (χ0n) is 18.3. The SMILES string of the molecule is CCCCC(N=C1NS(=O)(=O)c2ccccc21)C(=O)NCc1ccnc(N2CCCC2)c1. The number of benzene rings is 1. The van der Waals surface area contributed by atoms with E-state index in [0.717, 1.165) is 37.3 Å². The van der Waals surface area contributed by atoms with Crippen LogP contribution in [0.5, 0.6) is 0 Å². The second-order valence-electron chi connectivity index (χ2n) is 8.17. The maximum atomic E-state index is 13.0. The highest BCUT2D eigenvalue weighted by Crippen LogP contribution is 2.23. The second kappa shape index (κ2) is 9.68. The Hall–Kier alpha value is -2.94. The molecule has 1 saturated heterocycles. The highest BCUT2D eigenvalue weighted by atomic mass is 32.2. The Labute approximate surface area is 189 Å². The zero-order chi connectivity index (χ0) is 22.6. The minimum atomic E-state index is -3.64. The molecule has 0 saturated carbocycles. The van der Waals surface area contributed by atoms with Crippen LogP contribution in [0.4, 0.5) is 5.82 Å². The average Bonchev–Trinajstić information content (AvgIpc) is 3.42. The van der Waals surface area contributed by atoms with E-state index in [1.807, 2.05) is 19.1 Å². The number of unbranched alkanes of at least 4 members (excludes halogenated alkanes) is 1. The molecule has 32 heavy (non-hydrogen) atoms. The van der Waals surface area contributed by atoms with E-state index in [9.17, 15) is 13.2 Å². The van der Waals surface area contributed by atoms with Gasteiger partial charge in [0.2, 0.25) is 5.91 Å².